The number of likely N-dealkylation sites (tertiary alicyclic amines) is 1. The lowest BCUT2D eigenvalue weighted by atomic mass is 9.90. The van der Waals surface area contributed by atoms with Crippen LogP contribution in [-0.4, -0.2) is 46.1 Å². The molecule has 3 heterocycles. The Morgan fingerprint density at radius 2 is 2.00 bits per heavy atom. The number of aromatic nitrogens is 2. The van der Waals surface area contributed by atoms with Crippen LogP contribution < -0.4 is 0 Å². The summed E-state index contributed by atoms with van der Waals surface area (Å²) in [6, 6.07) is 3.34. The molecule has 1 aliphatic rings. The van der Waals surface area contributed by atoms with Gasteiger partial charge in [0.1, 0.15) is 5.69 Å². The number of fused-ring (bicyclic) bond motifs is 1. The first-order valence-electron chi connectivity index (χ1n) is 6.55. The van der Waals surface area contributed by atoms with Gasteiger partial charge in [0.2, 0.25) is 0 Å². The number of nitrogens with zero attached hydrogens (tertiary/aromatic N) is 2. The summed E-state index contributed by atoms with van der Waals surface area (Å²) in [5.74, 6) is -0.501. The zero-order chi connectivity index (χ0) is 13.4. The normalized spacial score (nSPS) is 16.2. The maximum Gasteiger partial charge on any atom is 0.354 e. The van der Waals surface area contributed by atoms with Crippen molar-refractivity contribution in [2.45, 2.75) is 18.8 Å². The van der Waals surface area contributed by atoms with Crippen molar-refractivity contribution in [1.82, 2.24) is 14.9 Å². The zero-order valence-corrected chi connectivity index (χ0v) is 13.3. The fraction of sp³-hybridized carbons (Fsp3) is 0.429. The highest BCUT2D eigenvalue weighted by atomic mass is 35.5. The smallest absolute Gasteiger partial charge is 0.354 e. The summed E-state index contributed by atoms with van der Waals surface area (Å²) in [5.41, 5.74) is 3.00. The average molecular weight is 332 g/mol. The molecular formula is C14H19Cl2N3O2. The van der Waals surface area contributed by atoms with Crippen LogP contribution in [0.15, 0.2) is 18.3 Å². The Bertz CT molecular complexity index is 622. The number of carboxylic acids is 1. The molecule has 21 heavy (non-hydrogen) atoms. The highest BCUT2D eigenvalue weighted by molar-refractivity contribution is 5.90. The second-order valence-electron chi connectivity index (χ2n) is 5.22. The number of aromatic carboxylic acids is 1. The summed E-state index contributed by atoms with van der Waals surface area (Å²) >= 11 is 0. The van der Waals surface area contributed by atoms with Crippen molar-refractivity contribution in [3.63, 3.8) is 0 Å². The predicted octanol–water partition coefficient (Wildman–Crippen LogP) is 2.91. The van der Waals surface area contributed by atoms with E-state index in [1.54, 1.807) is 12.1 Å². The lowest BCUT2D eigenvalue weighted by Crippen LogP contribution is -2.29. The van der Waals surface area contributed by atoms with Gasteiger partial charge < -0.3 is 15.0 Å². The van der Waals surface area contributed by atoms with Crippen molar-refractivity contribution in [1.29, 1.82) is 0 Å². The van der Waals surface area contributed by atoms with Crippen molar-refractivity contribution in [3.8, 4) is 0 Å². The largest absolute Gasteiger partial charge is 0.477 e. The molecule has 0 aliphatic carbocycles. The number of aromatic amines is 1. The van der Waals surface area contributed by atoms with Gasteiger partial charge in [0.05, 0.1) is 11.0 Å². The first-order chi connectivity index (χ1) is 9.15. The van der Waals surface area contributed by atoms with Gasteiger partial charge in [-0.25, -0.2) is 9.78 Å². The molecule has 1 fully saturated rings. The zero-order valence-electron chi connectivity index (χ0n) is 11.7. The van der Waals surface area contributed by atoms with Crippen LogP contribution in [0.5, 0.6) is 0 Å². The summed E-state index contributed by atoms with van der Waals surface area (Å²) in [4.78, 5) is 20.8. The number of halogens is 2. The van der Waals surface area contributed by atoms with E-state index in [0.29, 0.717) is 5.92 Å². The third kappa shape index (κ3) is 3.48. The van der Waals surface area contributed by atoms with Gasteiger partial charge in [-0.05, 0) is 56.6 Å². The molecule has 0 radical (unpaired) electrons. The topological polar surface area (TPSA) is 69.2 Å². The van der Waals surface area contributed by atoms with Crippen LogP contribution in [0.2, 0.25) is 0 Å². The van der Waals surface area contributed by atoms with Crippen molar-refractivity contribution < 1.29 is 9.90 Å². The van der Waals surface area contributed by atoms with E-state index in [1.807, 2.05) is 6.20 Å². The van der Waals surface area contributed by atoms with E-state index in [0.717, 1.165) is 42.5 Å². The van der Waals surface area contributed by atoms with Gasteiger partial charge in [-0.3, -0.25) is 0 Å². The van der Waals surface area contributed by atoms with Crippen LogP contribution in [0.3, 0.4) is 0 Å². The second kappa shape index (κ2) is 7.11. The summed E-state index contributed by atoms with van der Waals surface area (Å²) in [5, 5.41) is 9.04. The number of nitrogens with one attached hydrogen (secondary N) is 1. The molecule has 0 atom stereocenters. The molecule has 0 saturated carbocycles. The van der Waals surface area contributed by atoms with E-state index < -0.39 is 5.97 Å². The third-order valence-corrected chi connectivity index (χ3v) is 3.93. The van der Waals surface area contributed by atoms with Crippen LogP contribution in [0, 0.1) is 0 Å². The summed E-state index contributed by atoms with van der Waals surface area (Å²) in [6.45, 7) is 2.16. The van der Waals surface area contributed by atoms with E-state index in [-0.39, 0.29) is 30.5 Å². The Kier molecular flexibility index (Phi) is 6.01. The summed E-state index contributed by atoms with van der Waals surface area (Å²) in [6.07, 6.45) is 4.18. The van der Waals surface area contributed by atoms with Gasteiger partial charge in [0.15, 0.2) is 0 Å². The summed E-state index contributed by atoms with van der Waals surface area (Å²) < 4.78 is 0. The Morgan fingerprint density at radius 3 is 2.62 bits per heavy atom. The molecule has 0 spiro atoms. The van der Waals surface area contributed by atoms with Crippen molar-refractivity contribution >= 4 is 41.8 Å². The first-order valence-corrected chi connectivity index (χ1v) is 6.55. The van der Waals surface area contributed by atoms with Gasteiger partial charge in [-0.2, -0.15) is 0 Å². The minimum Gasteiger partial charge on any atom is -0.477 e. The second-order valence-corrected chi connectivity index (χ2v) is 5.22. The number of hydrogen-bond acceptors (Lipinski definition) is 3. The number of rotatable bonds is 2. The van der Waals surface area contributed by atoms with Gasteiger partial charge in [-0.1, -0.05) is 0 Å². The van der Waals surface area contributed by atoms with Crippen molar-refractivity contribution in [2.75, 3.05) is 20.1 Å². The molecule has 2 aromatic rings. The number of carbonyl (C=O) groups is 1. The van der Waals surface area contributed by atoms with Crippen LogP contribution in [0.1, 0.15) is 34.8 Å². The minimum atomic E-state index is -0.975. The minimum absolute atomic E-state index is 0. The van der Waals surface area contributed by atoms with E-state index >= 15 is 0 Å². The standard InChI is InChI=1S/C14H17N3O2.2ClH/c1-17-6-4-9(5-7-17)10-8-15-11-2-3-12(14(18)19)16-13(10)11;;/h2-3,8-9,15H,4-7H2,1H3,(H,18,19);2*1H. The molecule has 0 unspecified atom stereocenters. The monoisotopic (exact) mass is 331 g/mol. The van der Waals surface area contributed by atoms with E-state index in [1.165, 1.54) is 0 Å². The molecule has 116 valence electrons. The lowest BCUT2D eigenvalue weighted by Gasteiger charge is -2.28. The molecular weight excluding hydrogens is 313 g/mol. The van der Waals surface area contributed by atoms with E-state index in [9.17, 15) is 4.79 Å². The van der Waals surface area contributed by atoms with Gasteiger partial charge in [-0.15, -0.1) is 24.8 Å². The quantitative estimate of drug-likeness (QED) is 0.887. The number of H-pyrrole nitrogens is 1. The summed E-state index contributed by atoms with van der Waals surface area (Å²) in [7, 11) is 2.13. The molecule has 0 bridgehead atoms. The third-order valence-electron chi connectivity index (χ3n) is 3.93. The van der Waals surface area contributed by atoms with Gasteiger partial charge in [0.25, 0.3) is 0 Å². The molecule has 2 aromatic heterocycles. The molecule has 7 heteroatoms. The fourth-order valence-electron chi connectivity index (χ4n) is 2.77. The Balaban J connectivity index is 0.00000110. The Labute approximate surface area is 135 Å². The molecule has 0 amide bonds. The van der Waals surface area contributed by atoms with E-state index in [2.05, 4.69) is 21.9 Å². The van der Waals surface area contributed by atoms with Crippen LogP contribution in [0.25, 0.3) is 11.0 Å². The molecule has 2 N–H and O–H groups in total. The number of pyridine rings is 1. The number of hydrogen-bond donors (Lipinski definition) is 2. The van der Waals surface area contributed by atoms with Crippen molar-refractivity contribution in [3.05, 3.63) is 29.6 Å². The molecule has 0 aromatic carbocycles. The Hall–Kier alpha value is -1.30. The SMILES string of the molecule is CN1CCC(c2c[nH]c3ccc(C(=O)O)nc23)CC1.Cl.Cl. The maximum absolute atomic E-state index is 11.0. The first kappa shape index (κ1) is 17.8. The van der Waals surface area contributed by atoms with Gasteiger partial charge >= 0.3 is 5.97 Å². The highest BCUT2D eigenvalue weighted by Crippen LogP contribution is 2.31. The molecule has 5 nitrogen and oxygen atoms in total. The average Bonchev–Trinajstić information content (AvgIpc) is 2.82. The molecule has 1 saturated heterocycles. The van der Waals surface area contributed by atoms with Gasteiger partial charge in [0, 0.05) is 6.20 Å². The maximum atomic E-state index is 11.0. The highest BCUT2D eigenvalue weighted by Gasteiger charge is 2.22. The predicted molar refractivity (Wildman–Crippen MR) is 87.0 cm³/mol. The van der Waals surface area contributed by atoms with Crippen LogP contribution in [0.4, 0.5) is 0 Å². The Morgan fingerprint density at radius 1 is 1.33 bits per heavy atom. The fourth-order valence-corrected chi connectivity index (χ4v) is 2.77. The lowest BCUT2D eigenvalue weighted by molar-refractivity contribution is 0.0691. The van der Waals surface area contributed by atoms with E-state index in [4.69, 9.17) is 5.11 Å². The molecule has 3 rings (SSSR count). The molecule has 1 aliphatic heterocycles. The van der Waals surface area contributed by atoms with Crippen molar-refractivity contribution in [2.24, 2.45) is 0 Å². The van der Waals surface area contributed by atoms with Crippen LogP contribution >= 0.6 is 24.8 Å². The number of piperidine rings is 1. The number of carboxylic acid groups (broad SMARTS) is 1. The van der Waals surface area contributed by atoms with Crippen LogP contribution in [-0.2, 0) is 0 Å².